The SMILES string of the molecule is CO[C@]12C[C@@]3(C)CC[C@@H](OC(=O)C(C)(O)C(C)OC(C)=O)[C@@](C)(OC(C)=O)C3CC1=C(C)C(=O)O2. The maximum absolute atomic E-state index is 13.0. The third-order valence-corrected chi connectivity index (χ3v) is 8.16. The van der Waals surface area contributed by atoms with Crippen LogP contribution in [0.2, 0.25) is 0 Å². The third kappa shape index (κ3) is 4.46. The molecule has 0 amide bonds. The first kappa shape index (κ1) is 27.1. The average Bonchev–Trinajstić information content (AvgIpc) is 2.97. The molecule has 0 aromatic rings. The number of aliphatic hydroxyl groups is 1. The van der Waals surface area contributed by atoms with E-state index in [1.165, 1.54) is 34.8 Å². The molecule has 35 heavy (non-hydrogen) atoms. The van der Waals surface area contributed by atoms with Crippen LogP contribution < -0.4 is 0 Å². The second-order valence-electron chi connectivity index (χ2n) is 10.6. The van der Waals surface area contributed by atoms with Crippen molar-refractivity contribution in [3.63, 3.8) is 0 Å². The van der Waals surface area contributed by atoms with Crippen molar-refractivity contribution in [2.24, 2.45) is 11.3 Å². The Balaban J connectivity index is 1.97. The van der Waals surface area contributed by atoms with Crippen molar-refractivity contribution in [2.45, 2.75) is 103 Å². The highest BCUT2D eigenvalue weighted by Crippen LogP contribution is 2.62. The lowest BCUT2D eigenvalue weighted by atomic mass is 9.52. The molecule has 196 valence electrons. The van der Waals surface area contributed by atoms with E-state index in [9.17, 15) is 24.3 Å². The quantitative estimate of drug-likeness (QED) is 0.431. The van der Waals surface area contributed by atoms with Gasteiger partial charge in [0.05, 0.1) is 0 Å². The molecule has 10 heteroatoms. The molecular weight excluding hydrogens is 460 g/mol. The molecule has 0 radical (unpaired) electrons. The van der Waals surface area contributed by atoms with Crippen LogP contribution in [0.15, 0.2) is 11.1 Å². The van der Waals surface area contributed by atoms with Crippen molar-refractivity contribution in [1.29, 1.82) is 0 Å². The maximum Gasteiger partial charge on any atom is 0.342 e. The van der Waals surface area contributed by atoms with E-state index in [1.807, 2.05) is 6.92 Å². The van der Waals surface area contributed by atoms with Crippen LogP contribution in [0.5, 0.6) is 0 Å². The standard InChI is InChI=1S/C25H36O10/c1-13-17-11-18-22(5,12-25(17,31-8)35-20(13)28)10-9-19(24(18,7)34-16(4)27)33-21(29)23(6,30)14(2)32-15(3)26/h14,18-19,30H,9-12H2,1-8H3/t14?,18?,19-,22-,23?,24+,25+/m1/s1. The van der Waals surface area contributed by atoms with E-state index in [-0.39, 0.29) is 5.92 Å². The molecule has 2 saturated carbocycles. The van der Waals surface area contributed by atoms with Crippen LogP contribution in [0, 0.1) is 11.3 Å². The summed E-state index contributed by atoms with van der Waals surface area (Å²) in [5.41, 5.74) is -2.73. The number of carbonyl (C=O) groups excluding carboxylic acids is 4. The molecule has 2 aliphatic carbocycles. The molecule has 0 spiro atoms. The highest BCUT2D eigenvalue weighted by Gasteiger charge is 2.66. The molecule has 3 aliphatic rings. The fraction of sp³-hybridized carbons (Fsp3) is 0.760. The van der Waals surface area contributed by atoms with E-state index in [2.05, 4.69) is 0 Å². The Labute approximate surface area is 205 Å². The summed E-state index contributed by atoms with van der Waals surface area (Å²) in [4.78, 5) is 49.0. The van der Waals surface area contributed by atoms with Crippen LogP contribution in [-0.2, 0) is 42.9 Å². The van der Waals surface area contributed by atoms with Gasteiger partial charge in [0.15, 0.2) is 5.60 Å². The second-order valence-corrected chi connectivity index (χ2v) is 10.6. The zero-order valence-electron chi connectivity index (χ0n) is 21.7. The van der Waals surface area contributed by atoms with Gasteiger partial charge in [-0.3, -0.25) is 9.59 Å². The van der Waals surface area contributed by atoms with E-state index < -0.39 is 58.5 Å². The molecule has 3 unspecified atom stereocenters. The molecule has 3 rings (SSSR count). The van der Waals surface area contributed by atoms with E-state index in [4.69, 9.17) is 23.7 Å². The van der Waals surface area contributed by atoms with Gasteiger partial charge in [-0.1, -0.05) is 6.92 Å². The van der Waals surface area contributed by atoms with Gasteiger partial charge in [0.1, 0.15) is 17.8 Å². The molecule has 0 bridgehead atoms. The van der Waals surface area contributed by atoms with Crippen LogP contribution in [0.4, 0.5) is 0 Å². The molecule has 0 saturated heterocycles. The lowest BCUT2D eigenvalue weighted by molar-refractivity contribution is -0.257. The average molecular weight is 497 g/mol. The first-order chi connectivity index (χ1) is 16.0. The number of hydrogen-bond donors (Lipinski definition) is 1. The van der Waals surface area contributed by atoms with Gasteiger partial charge in [0.25, 0.3) is 0 Å². The zero-order valence-corrected chi connectivity index (χ0v) is 21.7. The fourth-order valence-electron chi connectivity index (χ4n) is 6.02. The number of rotatable bonds is 6. The fourth-order valence-corrected chi connectivity index (χ4v) is 6.02. The Bertz CT molecular complexity index is 967. The Kier molecular flexibility index (Phi) is 6.89. The van der Waals surface area contributed by atoms with Gasteiger partial charge < -0.3 is 28.8 Å². The molecule has 7 atom stereocenters. The predicted octanol–water partition coefficient (Wildman–Crippen LogP) is 2.35. The zero-order chi connectivity index (χ0) is 26.6. The first-order valence-corrected chi connectivity index (χ1v) is 11.8. The smallest absolute Gasteiger partial charge is 0.342 e. The van der Waals surface area contributed by atoms with E-state index in [0.717, 1.165) is 0 Å². The van der Waals surface area contributed by atoms with Gasteiger partial charge in [0, 0.05) is 44.4 Å². The van der Waals surface area contributed by atoms with E-state index in [1.54, 1.807) is 13.8 Å². The highest BCUT2D eigenvalue weighted by molar-refractivity contribution is 5.92. The number of carbonyl (C=O) groups is 4. The van der Waals surface area contributed by atoms with Gasteiger partial charge >= 0.3 is 23.9 Å². The summed E-state index contributed by atoms with van der Waals surface area (Å²) < 4.78 is 28.0. The normalized spacial score (nSPS) is 36.8. The summed E-state index contributed by atoms with van der Waals surface area (Å²) in [5, 5.41) is 10.8. The Morgan fingerprint density at radius 3 is 2.37 bits per heavy atom. The summed E-state index contributed by atoms with van der Waals surface area (Å²) in [5.74, 6) is -4.15. The number of hydrogen-bond acceptors (Lipinski definition) is 10. The summed E-state index contributed by atoms with van der Waals surface area (Å²) in [6, 6.07) is 0. The Morgan fingerprint density at radius 1 is 1.20 bits per heavy atom. The monoisotopic (exact) mass is 496 g/mol. The lowest BCUT2D eigenvalue weighted by Crippen LogP contribution is -2.64. The second kappa shape index (κ2) is 8.89. The van der Waals surface area contributed by atoms with Crippen LogP contribution >= 0.6 is 0 Å². The van der Waals surface area contributed by atoms with Crippen molar-refractivity contribution in [2.75, 3.05) is 7.11 Å². The van der Waals surface area contributed by atoms with Crippen LogP contribution in [0.25, 0.3) is 0 Å². The number of esters is 4. The Hall–Kier alpha value is -2.46. The Morgan fingerprint density at radius 2 is 1.83 bits per heavy atom. The minimum absolute atomic E-state index is 0.326. The molecule has 1 heterocycles. The van der Waals surface area contributed by atoms with Crippen molar-refractivity contribution in [3.8, 4) is 0 Å². The summed E-state index contributed by atoms with van der Waals surface area (Å²) in [6.45, 7) is 10.5. The van der Waals surface area contributed by atoms with E-state index >= 15 is 0 Å². The molecule has 0 aromatic carbocycles. The van der Waals surface area contributed by atoms with Gasteiger partial charge in [-0.2, -0.15) is 0 Å². The van der Waals surface area contributed by atoms with Crippen molar-refractivity contribution < 1.29 is 48.0 Å². The maximum atomic E-state index is 13.0. The van der Waals surface area contributed by atoms with Gasteiger partial charge in [0.2, 0.25) is 5.79 Å². The number of methoxy groups -OCH3 is 1. The highest BCUT2D eigenvalue weighted by atomic mass is 16.7. The largest absolute Gasteiger partial charge is 0.459 e. The lowest BCUT2D eigenvalue weighted by Gasteiger charge is -2.58. The van der Waals surface area contributed by atoms with Crippen molar-refractivity contribution >= 4 is 23.9 Å². The van der Waals surface area contributed by atoms with Crippen LogP contribution in [0.3, 0.4) is 0 Å². The number of fused-ring (bicyclic) bond motifs is 2. The molecule has 0 aromatic heterocycles. The first-order valence-electron chi connectivity index (χ1n) is 11.8. The minimum Gasteiger partial charge on any atom is -0.459 e. The predicted molar refractivity (Wildman–Crippen MR) is 120 cm³/mol. The van der Waals surface area contributed by atoms with Gasteiger partial charge in [-0.05, 0) is 52.4 Å². The minimum atomic E-state index is -2.12. The van der Waals surface area contributed by atoms with Crippen LogP contribution in [0.1, 0.15) is 74.1 Å². The van der Waals surface area contributed by atoms with E-state index in [0.29, 0.717) is 36.8 Å². The summed E-state index contributed by atoms with van der Waals surface area (Å²) in [7, 11) is 1.50. The molecule has 10 nitrogen and oxygen atoms in total. The number of ether oxygens (including phenoxy) is 5. The summed E-state index contributed by atoms with van der Waals surface area (Å²) in [6.07, 6.45) is -0.469. The van der Waals surface area contributed by atoms with Crippen molar-refractivity contribution in [3.05, 3.63) is 11.1 Å². The molecular formula is C25H36O10. The molecule has 1 aliphatic heterocycles. The molecule has 2 fully saturated rings. The topological polar surface area (TPSA) is 135 Å². The van der Waals surface area contributed by atoms with Gasteiger partial charge in [-0.25, -0.2) is 9.59 Å². The third-order valence-electron chi connectivity index (χ3n) is 8.16. The molecule has 1 N–H and O–H groups in total. The van der Waals surface area contributed by atoms with Crippen LogP contribution in [-0.4, -0.2) is 65.3 Å². The van der Waals surface area contributed by atoms with Crippen molar-refractivity contribution in [1.82, 2.24) is 0 Å². The van der Waals surface area contributed by atoms with Gasteiger partial charge in [-0.15, -0.1) is 0 Å². The summed E-state index contributed by atoms with van der Waals surface area (Å²) >= 11 is 0.